The van der Waals surface area contributed by atoms with E-state index in [1.54, 1.807) is 0 Å². The van der Waals surface area contributed by atoms with Gasteiger partial charge in [-0.2, -0.15) is 0 Å². The maximum atomic E-state index is 4.03. The van der Waals surface area contributed by atoms with Crippen LogP contribution in [0, 0.1) is 0 Å². The average Bonchev–Trinajstić information content (AvgIpc) is 2.36. The molecule has 0 aromatic heterocycles. The van der Waals surface area contributed by atoms with Crippen molar-refractivity contribution < 1.29 is 0 Å². The van der Waals surface area contributed by atoms with Crippen LogP contribution in [0.25, 0.3) is 0 Å². The van der Waals surface area contributed by atoms with E-state index in [1.165, 1.54) is 12.7 Å². The van der Waals surface area contributed by atoms with Crippen molar-refractivity contribution in [1.82, 2.24) is 0 Å². The van der Waals surface area contributed by atoms with E-state index in [1.807, 2.05) is 0 Å². The summed E-state index contributed by atoms with van der Waals surface area (Å²) in [6.45, 7) is 0. The van der Waals surface area contributed by atoms with Crippen LogP contribution in [-0.4, -0.2) is 45.2 Å². The molecule has 2 rings (SSSR count). The number of hydrogen-bond donors (Lipinski definition) is 0. The number of nitrogens with zero attached hydrogens (tertiary/aromatic N) is 4. The summed E-state index contributed by atoms with van der Waals surface area (Å²) in [4.78, 5) is 15.9. The van der Waals surface area contributed by atoms with Gasteiger partial charge in [-0.3, -0.25) is 0 Å². The molecule has 0 N–H and O–H groups in total. The van der Waals surface area contributed by atoms with Crippen LogP contribution in [0.1, 0.15) is 0 Å². The number of hydrogen-bond acceptors (Lipinski definition) is 4. The first-order chi connectivity index (χ1) is 4.88. The van der Waals surface area contributed by atoms with Gasteiger partial charge >= 0.3 is 65.1 Å². The molecule has 5 heteroatoms. The van der Waals surface area contributed by atoms with Crippen LogP contribution in [0.5, 0.6) is 0 Å². The second-order valence-corrected chi connectivity index (χ2v) is 2.74. The van der Waals surface area contributed by atoms with Gasteiger partial charge in [0.1, 0.15) is 0 Å². The average molecular weight is 198 g/mol. The quantitative estimate of drug-likeness (QED) is 0.467. The normalized spacial score (nSPS) is 27.8. The van der Waals surface area contributed by atoms with E-state index in [0.29, 0.717) is 0 Å². The second kappa shape index (κ2) is 2.11. The molecule has 0 saturated carbocycles. The van der Waals surface area contributed by atoms with Crippen molar-refractivity contribution >= 4 is 39.1 Å². The van der Waals surface area contributed by atoms with Gasteiger partial charge in [0.25, 0.3) is 0 Å². The molecular formula is C5H3N4Se. The van der Waals surface area contributed by atoms with E-state index in [-0.39, 0.29) is 6.04 Å². The summed E-state index contributed by atoms with van der Waals surface area (Å²) < 4.78 is 0.836. The van der Waals surface area contributed by atoms with Gasteiger partial charge in [0.05, 0.1) is 0 Å². The molecule has 1 radical (unpaired) electrons. The minimum absolute atomic E-state index is 0.0509. The first kappa shape index (κ1) is 5.95. The van der Waals surface area contributed by atoms with Crippen LogP contribution in [-0.2, 0) is 0 Å². The van der Waals surface area contributed by atoms with E-state index >= 15 is 0 Å². The fraction of sp³-hybridized carbons (Fsp3) is 0.200. The van der Waals surface area contributed by atoms with Crippen molar-refractivity contribution in [3.8, 4) is 0 Å². The fourth-order valence-electron chi connectivity index (χ4n) is 0.790. The summed E-state index contributed by atoms with van der Waals surface area (Å²) >= 11 is 2.81. The summed E-state index contributed by atoms with van der Waals surface area (Å²) in [6, 6.07) is -0.0509. The van der Waals surface area contributed by atoms with E-state index in [2.05, 4.69) is 36.0 Å². The molecule has 2 aliphatic rings. The van der Waals surface area contributed by atoms with E-state index < -0.39 is 0 Å². The second-order valence-electron chi connectivity index (χ2n) is 1.87. The first-order valence-corrected chi connectivity index (χ1v) is 3.60. The van der Waals surface area contributed by atoms with Crippen LogP contribution in [0.15, 0.2) is 20.0 Å². The first-order valence-electron chi connectivity index (χ1n) is 2.74. The van der Waals surface area contributed by atoms with Crippen LogP contribution >= 0.6 is 0 Å². The van der Waals surface area contributed by atoms with Gasteiger partial charge in [0, 0.05) is 0 Å². The monoisotopic (exact) mass is 199 g/mol. The molecule has 0 aromatic carbocycles. The van der Waals surface area contributed by atoms with Crippen molar-refractivity contribution in [2.24, 2.45) is 20.0 Å². The molecule has 0 fully saturated rings. The molecule has 0 aromatic rings. The molecule has 10 heavy (non-hydrogen) atoms. The van der Waals surface area contributed by atoms with Crippen LogP contribution in [0.3, 0.4) is 0 Å². The Kier molecular flexibility index (Phi) is 1.25. The summed E-state index contributed by atoms with van der Waals surface area (Å²) in [5, 5.41) is 0. The predicted molar refractivity (Wildman–Crippen MR) is 41.4 cm³/mol. The van der Waals surface area contributed by atoms with E-state index in [0.717, 1.165) is 10.4 Å². The molecule has 0 aliphatic carbocycles. The van der Waals surface area contributed by atoms with Gasteiger partial charge in [-0.1, -0.05) is 0 Å². The minimum atomic E-state index is -0.0509. The zero-order valence-corrected chi connectivity index (χ0v) is 6.64. The summed E-state index contributed by atoms with van der Waals surface area (Å²) in [5.41, 5.74) is 0. The summed E-state index contributed by atoms with van der Waals surface area (Å²) in [7, 11) is 0. The Hall–Kier alpha value is -0.801. The Morgan fingerprint density at radius 3 is 3.00 bits per heavy atom. The topological polar surface area (TPSA) is 49.4 Å². The third kappa shape index (κ3) is 0.751. The third-order valence-corrected chi connectivity index (χ3v) is 1.95. The molecule has 49 valence electrons. The maximum absolute atomic E-state index is 4.03. The molecule has 1 atom stereocenters. The molecule has 2 heterocycles. The Labute approximate surface area is 65.7 Å². The SMILES string of the molecule is [Se]C1=NC=NC2=NC=NC12. The number of fused-ring (bicyclic) bond motifs is 1. The molecule has 0 amide bonds. The zero-order chi connectivity index (χ0) is 6.97. The van der Waals surface area contributed by atoms with E-state index in [4.69, 9.17) is 0 Å². The molecule has 0 spiro atoms. The van der Waals surface area contributed by atoms with Gasteiger partial charge in [0.15, 0.2) is 0 Å². The van der Waals surface area contributed by atoms with Crippen molar-refractivity contribution in [1.29, 1.82) is 0 Å². The van der Waals surface area contributed by atoms with Gasteiger partial charge in [-0.25, -0.2) is 0 Å². The van der Waals surface area contributed by atoms with Crippen LogP contribution < -0.4 is 0 Å². The predicted octanol–water partition coefficient (Wildman–Crippen LogP) is -0.596. The fourth-order valence-corrected chi connectivity index (χ4v) is 1.24. The van der Waals surface area contributed by atoms with Gasteiger partial charge in [-0.05, 0) is 0 Å². The zero-order valence-electron chi connectivity index (χ0n) is 4.93. The molecule has 4 nitrogen and oxygen atoms in total. The summed E-state index contributed by atoms with van der Waals surface area (Å²) in [5.74, 6) is 0.726. The summed E-state index contributed by atoms with van der Waals surface area (Å²) in [6.07, 6.45) is 2.99. The molecule has 0 bridgehead atoms. The standard InChI is InChI=1S/C5H3N4Se/c10-5-3-4(7-1-6-3)8-2-9-5/h1-3H. The van der Waals surface area contributed by atoms with Crippen molar-refractivity contribution in [2.45, 2.75) is 6.04 Å². The van der Waals surface area contributed by atoms with Gasteiger partial charge in [-0.15, -0.1) is 0 Å². The number of aliphatic imine (C=N–C) groups is 4. The molecular weight excluding hydrogens is 195 g/mol. The van der Waals surface area contributed by atoms with Gasteiger partial charge < -0.3 is 0 Å². The van der Waals surface area contributed by atoms with Crippen molar-refractivity contribution in [3.05, 3.63) is 0 Å². The van der Waals surface area contributed by atoms with E-state index in [9.17, 15) is 0 Å². The Morgan fingerprint density at radius 1 is 1.30 bits per heavy atom. The Balaban J connectivity index is 2.43. The molecule has 0 saturated heterocycles. The van der Waals surface area contributed by atoms with Crippen molar-refractivity contribution in [3.63, 3.8) is 0 Å². The van der Waals surface area contributed by atoms with Crippen molar-refractivity contribution in [2.75, 3.05) is 0 Å². The van der Waals surface area contributed by atoms with Crippen LogP contribution in [0.4, 0.5) is 0 Å². The number of amidine groups is 1. The third-order valence-electron chi connectivity index (χ3n) is 1.26. The molecule has 2 aliphatic heterocycles. The Bertz CT molecular complexity index is 275. The number of rotatable bonds is 0. The van der Waals surface area contributed by atoms with Crippen LogP contribution in [0.2, 0.25) is 0 Å². The van der Waals surface area contributed by atoms with Gasteiger partial charge in [0.2, 0.25) is 0 Å². The Morgan fingerprint density at radius 2 is 2.20 bits per heavy atom. The molecule has 1 unspecified atom stereocenters.